The normalized spacial score (nSPS) is 10.7. The number of rotatable bonds is 7. The van der Waals surface area contributed by atoms with Gasteiger partial charge in [-0.3, -0.25) is 0 Å². The van der Waals surface area contributed by atoms with Gasteiger partial charge in [0, 0.05) is 17.0 Å². The molecule has 166 valence electrons. The molecule has 0 spiro atoms. The van der Waals surface area contributed by atoms with Crippen LogP contribution < -0.4 is 4.74 Å². The molecule has 0 N–H and O–H groups in total. The number of carbonyl (C=O) groups excluding carboxylic acids is 1. The van der Waals surface area contributed by atoms with Crippen LogP contribution in [0.3, 0.4) is 0 Å². The predicted octanol–water partition coefficient (Wildman–Crippen LogP) is 6.84. The molecule has 0 amide bonds. The fourth-order valence-corrected chi connectivity index (χ4v) is 3.82. The second kappa shape index (κ2) is 10.0. The van der Waals surface area contributed by atoms with Crippen LogP contribution in [0.1, 0.15) is 21.6 Å². The molecule has 0 saturated carbocycles. The summed E-state index contributed by atoms with van der Waals surface area (Å²) in [6.07, 6.45) is 0. The molecule has 0 aliphatic carbocycles. The maximum Gasteiger partial charge on any atom is 0.357 e. The number of nitrogens with zero attached hydrogens (tertiary/aromatic N) is 1. The van der Waals surface area contributed by atoms with Crippen LogP contribution in [-0.2, 0) is 18.0 Å². The average molecular weight is 446 g/mol. The van der Waals surface area contributed by atoms with Gasteiger partial charge in [-0.05, 0) is 22.8 Å². The smallest absolute Gasteiger partial charge is 0.357 e. The Morgan fingerprint density at radius 1 is 0.676 bits per heavy atom. The summed E-state index contributed by atoms with van der Waals surface area (Å²) < 4.78 is 11.8. The van der Waals surface area contributed by atoms with E-state index in [2.05, 4.69) is 0 Å². The van der Waals surface area contributed by atoms with Gasteiger partial charge in [-0.2, -0.15) is 0 Å². The van der Waals surface area contributed by atoms with Gasteiger partial charge < -0.3 is 9.47 Å². The molecule has 0 radical (unpaired) electrons. The quantitative estimate of drug-likeness (QED) is 0.257. The molecule has 4 aromatic carbocycles. The number of pyridine rings is 1. The topological polar surface area (TPSA) is 48.4 Å². The van der Waals surface area contributed by atoms with Crippen molar-refractivity contribution < 1.29 is 14.3 Å². The van der Waals surface area contributed by atoms with Crippen LogP contribution in [0.25, 0.3) is 22.0 Å². The van der Waals surface area contributed by atoms with Crippen molar-refractivity contribution in [2.75, 3.05) is 0 Å². The van der Waals surface area contributed by atoms with E-state index in [1.165, 1.54) is 0 Å². The Balaban J connectivity index is 1.53. The zero-order chi connectivity index (χ0) is 23.2. The number of benzene rings is 4. The second-order valence-electron chi connectivity index (χ2n) is 7.91. The number of fused-ring (bicyclic) bond motifs is 1. The van der Waals surface area contributed by atoms with Crippen molar-refractivity contribution in [3.63, 3.8) is 0 Å². The van der Waals surface area contributed by atoms with E-state index < -0.39 is 5.97 Å². The number of hydrogen-bond donors (Lipinski definition) is 0. The minimum atomic E-state index is -0.488. The molecule has 5 aromatic rings. The zero-order valence-electron chi connectivity index (χ0n) is 18.6. The molecular formula is C30H23NO3. The van der Waals surface area contributed by atoms with Crippen LogP contribution in [0.2, 0.25) is 0 Å². The molecule has 0 fully saturated rings. The summed E-state index contributed by atoms with van der Waals surface area (Å²) in [6.45, 7) is 0.563. The third-order valence-corrected chi connectivity index (χ3v) is 5.55. The number of carbonyl (C=O) groups is 1. The lowest BCUT2D eigenvalue weighted by Gasteiger charge is -2.14. The molecule has 0 aliphatic rings. The largest absolute Gasteiger partial charge is 0.488 e. The summed E-state index contributed by atoms with van der Waals surface area (Å²) in [7, 11) is 0. The highest BCUT2D eigenvalue weighted by Crippen LogP contribution is 2.33. The lowest BCUT2D eigenvalue weighted by molar-refractivity contribution is 0.0465. The van der Waals surface area contributed by atoms with Gasteiger partial charge in [-0.15, -0.1) is 0 Å². The molecular weight excluding hydrogens is 422 g/mol. The van der Waals surface area contributed by atoms with Gasteiger partial charge in [-0.1, -0.05) is 103 Å². The second-order valence-corrected chi connectivity index (χ2v) is 7.91. The van der Waals surface area contributed by atoms with E-state index in [0.717, 1.165) is 27.6 Å². The first-order chi connectivity index (χ1) is 16.8. The Morgan fingerprint density at radius 2 is 1.29 bits per heavy atom. The minimum absolute atomic E-state index is 0.180. The number of para-hydroxylation sites is 1. The summed E-state index contributed by atoms with van der Waals surface area (Å²) in [5.74, 6) is 0.108. The highest BCUT2D eigenvalue weighted by atomic mass is 16.5. The Labute approximate surface area is 198 Å². The number of hydrogen-bond acceptors (Lipinski definition) is 4. The van der Waals surface area contributed by atoms with Gasteiger partial charge in [0.2, 0.25) is 0 Å². The van der Waals surface area contributed by atoms with E-state index in [9.17, 15) is 4.79 Å². The molecule has 0 unspecified atom stereocenters. The van der Waals surface area contributed by atoms with Crippen molar-refractivity contribution in [3.8, 4) is 16.9 Å². The van der Waals surface area contributed by atoms with Crippen molar-refractivity contribution in [3.05, 3.63) is 132 Å². The average Bonchev–Trinajstić information content (AvgIpc) is 2.91. The van der Waals surface area contributed by atoms with E-state index in [0.29, 0.717) is 17.9 Å². The standard InChI is InChI=1S/C30H23NO3/c32-30(34-21-23-13-6-2-7-14-23)27-19-28(33-20-22-11-4-1-5-12-22)26-18-10-17-25(29(26)31-27)24-15-8-3-9-16-24/h1-19H,20-21H2. The van der Waals surface area contributed by atoms with Crippen LogP contribution in [0.4, 0.5) is 0 Å². The zero-order valence-corrected chi connectivity index (χ0v) is 18.6. The van der Waals surface area contributed by atoms with Gasteiger partial charge in [0.25, 0.3) is 0 Å². The number of aromatic nitrogens is 1. The van der Waals surface area contributed by atoms with Crippen LogP contribution in [0, 0.1) is 0 Å². The summed E-state index contributed by atoms with van der Waals surface area (Å²) in [4.78, 5) is 17.7. The molecule has 0 atom stereocenters. The fourth-order valence-electron chi connectivity index (χ4n) is 3.82. The van der Waals surface area contributed by atoms with Gasteiger partial charge >= 0.3 is 5.97 Å². The highest BCUT2D eigenvalue weighted by Gasteiger charge is 2.17. The maximum absolute atomic E-state index is 13.0. The molecule has 4 nitrogen and oxygen atoms in total. The van der Waals surface area contributed by atoms with Crippen molar-refractivity contribution in [1.29, 1.82) is 0 Å². The van der Waals surface area contributed by atoms with Crippen molar-refractivity contribution >= 4 is 16.9 Å². The van der Waals surface area contributed by atoms with Crippen LogP contribution in [-0.4, -0.2) is 11.0 Å². The Kier molecular flexibility index (Phi) is 6.30. The molecule has 1 heterocycles. The van der Waals surface area contributed by atoms with Crippen LogP contribution in [0.15, 0.2) is 115 Å². The van der Waals surface area contributed by atoms with E-state index in [1.54, 1.807) is 6.07 Å². The minimum Gasteiger partial charge on any atom is -0.488 e. The molecule has 34 heavy (non-hydrogen) atoms. The van der Waals surface area contributed by atoms with Crippen molar-refractivity contribution in [1.82, 2.24) is 4.98 Å². The summed E-state index contributed by atoms with van der Waals surface area (Å²) in [5, 5.41) is 0.844. The fraction of sp³-hybridized carbons (Fsp3) is 0.0667. The van der Waals surface area contributed by atoms with Crippen molar-refractivity contribution in [2.45, 2.75) is 13.2 Å². The Morgan fingerprint density at radius 3 is 1.97 bits per heavy atom. The monoisotopic (exact) mass is 445 g/mol. The molecule has 1 aromatic heterocycles. The van der Waals surface area contributed by atoms with E-state index in [4.69, 9.17) is 14.5 Å². The number of esters is 1. The number of ether oxygens (including phenoxy) is 2. The lowest BCUT2D eigenvalue weighted by atomic mass is 10.0. The third-order valence-electron chi connectivity index (χ3n) is 5.55. The van der Waals surface area contributed by atoms with Crippen LogP contribution >= 0.6 is 0 Å². The first kappa shape index (κ1) is 21.4. The van der Waals surface area contributed by atoms with Gasteiger partial charge in [0.05, 0.1) is 5.52 Å². The molecule has 4 heteroatoms. The molecule has 0 aliphatic heterocycles. The Bertz CT molecular complexity index is 1400. The summed E-state index contributed by atoms with van der Waals surface area (Å²) in [6, 6.07) is 37.2. The van der Waals surface area contributed by atoms with E-state index in [-0.39, 0.29) is 12.3 Å². The maximum atomic E-state index is 13.0. The van der Waals surface area contributed by atoms with Gasteiger partial charge in [0.1, 0.15) is 19.0 Å². The molecule has 0 bridgehead atoms. The lowest BCUT2D eigenvalue weighted by Crippen LogP contribution is -2.09. The van der Waals surface area contributed by atoms with Crippen molar-refractivity contribution in [2.24, 2.45) is 0 Å². The predicted molar refractivity (Wildman–Crippen MR) is 134 cm³/mol. The first-order valence-corrected chi connectivity index (χ1v) is 11.1. The highest BCUT2D eigenvalue weighted by molar-refractivity contribution is 6.00. The van der Waals surface area contributed by atoms with E-state index in [1.807, 2.05) is 109 Å². The summed E-state index contributed by atoms with van der Waals surface area (Å²) >= 11 is 0. The van der Waals surface area contributed by atoms with Crippen LogP contribution in [0.5, 0.6) is 5.75 Å². The van der Waals surface area contributed by atoms with Gasteiger partial charge in [-0.25, -0.2) is 9.78 Å². The van der Waals surface area contributed by atoms with E-state index >= 15 is 0 Å². The first-order valence-electron chi connectivity index (χ1n) is 11.1. The Hall–Kier alpha value is -4.44. The third kappa shape index (κ3) is 4.81. The SMILES string of the molecule is O=C(OCc1ccccc1)c1cc(OCc2ccccc2)c2cccc(-c3ccccc3)c2n1. The summed E-state index contributed by atoms with van der Waals surface area (Å²) in [5.41, 5.74) is 4.83. The molecule has 0 saturated heterocycles. The van der Waals surface area contributed by atoms with Gasteiger partial charge in [0.15, 0.2) is 5.69 Å². The molecule has 5 rings (SSSR count).